The first kappa shape index (κ1) is 14.6. The van der Waals surface area contributed by atoms with Crippen LogP contribution < -0.4 is 5.73 Å². The Labute approximate surface area is 121 Å². The second-order valence-electron chi connectivity index (χ2n) is 5.60. The number of carbonyl (C=O) groups is 1. The van der Waals surface area contributed by atoms with Crippen molar-refractivity contribution in [2.75, 3.05) is 12.8 Å². The van der Waals surface area contributed by atoms with Crippen molar-refractivity contribution < 1.29 is 4.79 Å². The highest BCUT2D eigenvalue weighted by Crippen LogP contribution is 2.21. The lowest BCUT2D eigenvalue weighted by Crippen LogP contribution is -2.35. The molecule has 0 radical (unpaired) electrons. The van der Waals surface area contributed by atoms with Gasteiger partial charge in [0.25, 0.3) is 0 Å². The van der Waals surface area contributed by atoms with E-state index < -0.39 is 0 Å². The Morgan fingerprint density at radius 2 is 1.95 bits per heavy atom. The average Bonchev–Trinajstić information content (AvgIpc) is 2.73. The maximum atomic E-state index is 12.2. The Morgan fingerprint density at radius 1 is 1.25 bits per heavy atom. The fourth-order valence-electron chi connectivity index (χ4n) is 2.77. The number of carbonyl (C=O) groups excluding carboxylic acids is 1. The summed E-state index contributed by atoms with van der Waals surface area (Å²) in [6.07, 6.45) is 10.8. The Bertz CT molecular complexity index is 474. The number of hydrogen-bond acceptors (Lipinski definition) is 2. The van der Waals surface area contributed by atoms with E-state index in [1.165, 1.54) is 25.7 Å². The third-order valence-corrected chi connectivity index (χ3v) is 4.05. The molecule has 1 aliphatic rings. The van der Waals surface area contributed by atoms with Gasteiger partial charge < -0.3 is 10.6 Å². The van der Waals surface area contributed by atoms with Crippen LogP contribution in [0.4, 0.5) is 5.69 Å². The minimum atomic E-state index is 0.0827. The van der Waals surface area contributed by atoms with E-state index in [1.54, 1.807) is 6.08 Å². The van der Waals surface area contributed by atoms with Gasteiger partial charge in [0, 0.05) is 24.9 Å². The van der Waals surface area contributed by atoms with E-state index in [2.05, 4.69) is 0 Å². The summed E-state index contributed by atoms with van der Waals surface area (Å²) in [6.45, 7) is 0. The number of nitrogens with zero attached hydrogens (tertiary/aromatic N) is 1. The Hall–Kier alpha value is -1.77. The molecule has 1 aliphatic carbocycles. The molecule has 3 nitrogen and oxygen atoms in total. The summed E-state index contributed by atoms with van der Waals surface area (Å²) in [4.78, 5) is 14.1. The first-order valence-electron chi connectivity index (χ1n) is 7.47. The highest BCUT2D eigenvalue weighted by Gasteiger charge is 2.19. The number of rotatable bonds is 3. The lowest BCUT2D eigenvalue weighted by atomic mass is 10.1. The standard InChI is InChI=1S/C17H24N2O/c1-19(16-9-4-2-3-5-10-16)17(20)12-11-14-7-6-8-15(18)13-14/h6-8,11-13,16H,2-5,9-10,18H2,1H3/b12-11+. The minimum absolute atomic E-state index is 0.0827. The molecule has 0 heterocycles. The van der Waals surface area contributed by atoms with E-state index >= 15 is 0 Å². The van der Waals surface area contributed by atoms with Crippen molar-refractivity contribution >= 4 is 17.7 Å². The molecule has 0 spiro atoms. The van der Waals surface area contributed by atoms with Gasteiger partial charge in [0.2, 0.25) is 5.91 Å². The summed E-state index contributed by atoms with van der Waals surface area (Å²) in [5.74, 6) is 0.0827. The number of nitrogen functional groups attached to an aromatic ring is 1. The van der Waals surface area contributed by atoms with E-state index in [4.69, 9.17) is 5.73 Å². The molecule has 3 heteroatoms. The Morgan fingerprint density at radius 3 is 2.60 bits per heavy atom. The van der Waals surface area contributed by atoms with Crippen molar-refractivity contribution in [1.29, 1.82) is 0 Å². The molecule has 1 fully saturated rings. The molecule has 1 saturated carbocycles. The normalized spacial score (nSPS) is 17.1. The maximum absolute atomic E-state index is 12.2. The zero-order chi connectivity index (χ0) is 14.4. The summed E-state index contributed by atoms with van der Waals surface area (Å²) in [6, 6.07) is 7.96. The van der Waals surface area contributed by atoms with Crippen molar-refractivity contribution in [2.45, 2.75) is 44.6 Å². The summed E-state index contributed by atoms with van der Waals surface area (Å²) in [5.41, 5.74) is 7.41. The van der Waals surface area contributed by atoms with Crippen LogP contribution in [0.25, 0.3) is 6.08 Å². The highest BCUT2D eigenvalue weighted by atomic mass is 16.2. The SMILES string of the molecule is CN(C(=O)/C=C/c1cccc(N)c1)C1CCCCCC1. The van der Waals surface area contributed by atoms with Gasteiger partial charge in [-0.15, -0.1) is 0 Å². The van der Waals surface area contributed by atoms with Gasteiger partial charge in [0.15, 0.2) is 0 Å². The lowest BCUT2D eigenvalue weighted by molar-refractivity contribution is -0.126. The molecule has 20 heavy (non-hydrogen) atoms. The van der Waals surface area contributed by atoms with E-state index in [0.717, 1.165) is 24.1 Å². The maximum Gasteiger partial charge on any atom is 0.246 e. The monoisotopic (exact) mass is 272 g/mol. The van der Waals surface area contributed by atoms with Crippen LogP contribution in [0.15, 0.2) is 30.3 Å². The van der Waals surface area contributed by atoms with E-state index in [1.807, 2.05) is 42.3 Å². The molecule has 0 aliphatic heterocycles. The second-order valence-corrected chi connectivity index (χ2v) is 5.60. The number of anilines is 1. The number of benzene rings is 1. The van der Waals surface area contributed by atoms with Crippen LogP contribution in [-0.2, 0) is 4.79 Å². The van der Waals surface area contributed by atoms with Crippen molar-refractivity contribution in [2.24, 2.45) is 0 Å². The van der Waals surface area contributed by atoms with Gasteiger partial charge in [-0.1, -0.05) is 37.8 Å². The molecule has 1 amide bonds. The van der Waals surface area contributed by atoms with Gasteiger partial charge in [0.05, 0.1) is 0 Å². The number of hydrogen-bond donors (Lipinski definition) is 1. The zero-order valence-corrected chi connectivity index (χ0v) is 12.2. The quantitative estimate of drug-likeness (QED) is 0.520. The third kappa shape index (κ3) is 4.12. The minimum Gasteiger partial charge on any atom is -0.399 e. The predicted molar refractivity (Wildman–Crippen MR) is 84.1 cm³/mol. The first-order valence-corrected chi connectivity index (χ1v) is 7.47. The molecule has 1 aromatic rings. The van der Waals surface area contributed by atoms with Gasteiger partial charge >= 0.3 is 0 Å². The smallest absolute Gasteiger partial charge is 0.246 e. The van der Waals surface area contributed by atoms with Crippen molar-refractivity contribution in [3.63, 3.8) is 0 Å². The Kier molecular flexibility index (Phi) is 5.22. The van der Waals surface area contributed by atoms with Crippen LogP contribution in [-0.4, -0.2) is 23.9 Å². The average molecular weight is 272 g/mol. The van der Waals surface area contributed by atoms with Crippen LogP contribution in [0.3, 0.4) is 0 Å². The lowest BCUT2D eigenvalue weighted by Gasteiger charge is -2.26. The number of likely N-dealkylation sites (N-methyl/N-ethyl adjacent to an activating group) is 1. The number of amides is 1. The molecule has 2 N–H and O–H groups in total. The molecule has 0 unspecified atom stereocenters. The van der Waals surface area contributed by atoms with Crippen LogP contribution in [0.1, 0.15) is 44.1 Å². The fourth-order valence-corrected chi connectivity index (χ4v) is 2.77. The van der Waals surface area contributed by atoms with Crippen molar-refractivity contribution in [3.8, 4) is 0 Å². The van der Waals surface area contributed by atoms with Crippen LogP contribution in [0.5, 0.6) is 0 Å². The molecule has 0 saturated heterocycles. The summed E-state index contributed by atoms with van der Waals surface area (Å²) in [5, 5.41) is 0. The van der Waals surface area contributed by atoms with Crippen LogP contribution in [0.2, 0.25) is 0 Å². The molecule has 1 aromatic carbocycles. The van der Waals surface area contributed by atoms with Gasteiger partial charge in [-0.05, 0) is 36.6 Å². The Balaban J connectivity index is 1.96. The molecule has 108 valence electrons. The predicted octanol–water partition coefficient (Wildman–Crippen LogP) is 3.46. The number of nitrogens with two attached hydrogens (primary N) is 1. The molecular formula is C17H24N2O. The van der Waals surface area contributed by atoms with Crippen LogP contribution >= 0.6 is 0 Å². The largest absolute Gasteiger partial charge is 0.399 e. The van der Waals surface area contributed by atoms with E-state index in [9.17, 15) is 4.79 Å². The molecular weight excluding hydrogens is 248 g/mol. The third-order valence-electron chi connectivity index (χ3n) is 4.05. The van der Waals surface area contributed by atoms with Gasteiger partial charge in [-0.25, -0.2) is 0 Å². The molecule has 0 atom stereocenters. The van der Waals surface area contributed by atoms with E-state index in [0.29, 0.717) is 6.04 Å². The van der Waals surface area contributed by atoms with Crippen molar-refractivity contribution in [3.05, 3.63) is 35.9 Å². The van der Waals surface area contributed by atoms with Gasteiger partial charge in [-0.2, -0.15) is 0 Å². The van der Waals surface area contributed by atoms with Gasteiger partial charge in [0.1, 0.15) is 0 Å². The second kappa shape index (κ2) is 7.13. The summed E-state index contributed by atoms with van der Waals surface area (Å²) >= 11 is 0. The van der Waals surface area contributed by atoms with Gasteiger partial charge in [-0.3, -0.25) is 4.79 Å². The summed E-state index contributed by atoms with van der Waals surface area (Å²) in [7, 11) is 1.92. The highest BCUT2D eigenvalue weighted by molar-refractivity contribution is 5.91. The molecule has 0 aromatic heterocycles. The zero-order valence-electron chi connectivity index (χ0n) is 12.2. The summed E-state index contributed by atoms with van der Waals surface area (Å²) < 4.78 is 0. The van der Waals surface area contributed by atoms with Crippen LogP contribution in [0, 0.1) is 0 Å². The molecule has 0 bridgehead atoms. The topological polar surface area (TPSA) is 46.3 Å². The van der Waals surface area contributed by atoms with Crippen molar-refractivity contribution in [1.82, 2.24) is 4.90 Å². The first-order chi connectivity index (χ1) is 9.66. The fraction of sp³-hybridized carbons (Fsp3) is 0.471. The van der Waals surface area contributed by atoms with E-state index in [-0.39, 0.29) is 5.91 Å². The molecule has 2 rings (SSSR count).